The molecule has 3 N–H and O–H groups in total. The van der Waals surface area contributed by atoms with Crippen molar-refractivity contribution in [3.63, 3.8) is 0 Å². The predicted molar refractivity (Wildman–Crippen MR) is 118 cm³/mol. The zero-order chi connectivity index (χ0) is 24.0. The topological polar surface area (TPSA) is 90.9 Å². The average Bonchev–Trinajstić information content (AvgIpc) is 3.18. The van der Waals surface area contributed by atoms with Crippen LogP contribution < -0.4 is 10.6 Å². The molecule has 2 aliphatic heterocycles. The quantitative estimate of drug-likeness (QED) is 0.407. The first-order valence-electron chi connectivity index (χ1n) is 10.3. The molecule has 184 valence electrons. The van der Waals surface area contributed by atoms with Crippen LogP contribution in [0.15, 0.2) is 34.7 Å². The molecular weight excluding hydrogens is 486 g/mol. The van der Waals surface area contributed by atoms with E-state index in [0.717, 1.165) is 12.2 Å². The van der Waals surface area contributed by atoms with E-state index in [4.69, 9.17) is 9.84 Å². The highest BCUT2D eigenvalue weighted by Gasteiger charge is 2.38. The van der Waals surface area contributed by atoms with Crippen LogP contribution >= 0.6 is 23.5 Å². The summed E-state index contributed by atoms with van der Waals surface area (Å²) < 4.78 is 57.9. The molecule has 13 heteroatoms. The second-order valence-electron chi connectivity index (χ2n) is 7.82. The van der Waals surface area contributed by atoms with Gasteiger partial charge in [0.15, 0.2) is 0 Å². The Balaban J connectivity index is 1.37. The molecule has 2 unspecified atom stereocenters. The number of carbonyl (C=O) groups excluding carboxylic acids is 1. The van der Waals surface area contributed by atoms with Crippen molar-refractivity contribution >= 4 is 35.4 Å². The zero-order valence-electron chi connectivity index (χ0n) is 17.6. The number of hydrogen-bond donors (Lipinski definition) is 3. The highest BCUT2D eigenvalue weighted by atomic mass is 32.2. The molecule has 3 atom stereocenters. The highest BCUT2D eigenvalue weighted by Crippen LogP contribution is 2.36. The maximum absolute atomic E-state index is 13.5. The number of halogens is 4. The molecule has 1 saturated heterocycles. The van der Waals surface area contributed by atoms with E-state index in [1.807, 2.05) is 4.90 Å². The Morgan fingerprint density at radius 1 is 1.39 bits per heavy atom. The number of rotatable bonds is 9. The van der Waals surface area contributed by atoms with Crippen molar-refractivity contribution in [2.24, 2.45) is 5.92 Å². The second-order valence-corrected chi connectivity index (χ2v) is 10.2. The molecule has 0 aromatic rings. The number of morpholine rings is 1. The first-order valence-corrected chi connectivity index (χ1v) is 12.3. The molecule has 0 saturated carbocycles. The number of nitrogens with one attached hydrogen (secondary N) is 2. The molecule has 0 aromatic heterocycles. The van der Waals surface area contributed by atoms with Crippen molar-refractivity contribution in [3.05, 3.63) is 34.7 Å². The average molecular weight is 512 g/mol. The van der Waals surface area contributed by atoms with Crippen molar-refractivity contribution in [3.8, 4) is 0 Å². The molecule has 3 aliphatic rings. The Morgan fingerprint density at radius 2 is 2.18 bits per heavy atom. The maximum atomic E-state index is 13.5. The minimum atomic E-state index is -4.71. The van der Waals surface area contributed by atoms with Gasteiger partial charge in [-0.2, -0.15) is 13.2 Å². The van der Waals surface area contributed by atoms with Gasteiger partial charge in [0.2, 0.25) is 5.91 Å². The number of aliphatic carboxylic acids is 1. The van der Waals surface area contributed by atoms with Gasteiger partial charge in [0.05, 0.1) is 30.5 Å². The van der Waals surface area contributed by atoms with Crippen LogP contribution in [0.25, 0.3) is 0 Å². The Morgan fingerprint density at radius 3 is 2.91 bits per heavy atom. The van der Waals surface area contributed by atoms with E-state index in [1.165, 1.54) is 23.5 Å². The Kier molecular flexibility index (Phi) is 9.13. The molecule has 2 heterocycles. The second kappa shape index (κ2) is 11.6. The number of alkyl halides is 3. The number of carboxylic acids is 1. The third-order valence-corrected chi connectivity index (χ3v) is 7.53. The number of thioether (sulfide) groups is 2. The van der Waals surface area contributed by atoms with Crippen LogP contribution in [0.2, 0.25) is 0 Å². The van der Waals surface area contributed by atoms with Crippen molar-refractivity contribution < 1.29 is 37.0 Å². The van der Waals surface area contributed by atoms with E-state index in [1.54, 1.807) is 5.41 Å². The highest BCUT2D eigenvalue weighted by molar-refractivity contribution is 8.18. The summed E-state index contributed by atoms with van der Waals surface area (Å²) in [5.74, 6) is -2.61. The van der Waals surface area contributed by atoms with Crippen molar-refractivity contribution in [2.45, 2.75) is 29.8 Å². The van der Waals surface area contributed by atoms with Crippen LogP contribution in [0.3, 0.4) is 0 Å². The van der Waals surface area contributed by atoms with Crippen LogP contribution in [0.5, 0.6) is 0 Å². The van der Waals surface area contributed by atoms with Crippen LogP contribution in [0, 0.1) is 5.92 Å². The Bertz CT molecular complexity index is 835. The smallest absolute Gasteiger partial charge is 0.418 e. The summed E-state index contributed by atoms with van der Waals surface area (Å²) in [7, 11) is 0. The van der Waals surface area contributed by atoms with Crippen LogP contribution in [-0.2, 0) is 14.3 Å². The fourth-order valence-electron chi connectivity index (χ4n) is 3.64. The van der Waals surface area contributed by atoms with E-state index >= 15 is 0 Å². The van der Waals surface area contributed by atoms with Gasteiger partial charge in [-0.25, -0.2) is 4.39 Å². The summed E-state index contributed by atoms with van der Waals surface area (Å²) in [5, 5.41) is 16.4. The van der Waals surface area contributed by atoms with E-state index in [2.05, 4.69) is 10.6 Å². The van der Waals surface area contributed by atoms with E-state index < -0.39 is 29.5 Å². The summed E-state index contributed by atoms with van der Waals surface area (Å²) in [6.07, 6.45) is -2.94. The standard InChI is InChI=1S/C20H25F4N3O4S2/c21-16-2-1-12(5-15(16)20(22,23)24)8-27-3-4-31-14(9-27)7-25-17(28)11-33-19-26-13(10-32-19)6-18(29)30/h2,5,10,12,14,19,26H,1,3-4,6-9,11H2,(H,25,28)(H,29,30)/t12?,14-,19?/m0/s1. The van der Waals surface area contributed by atoms with Gasteiger partial charge in [-0.15, -0.1) is 11.8 Å². The summed E-state index contributed by atoms with van der Waals surface area (Å²) in [5.41, 5.74) is -0.608. The SMILES string of the molecule is O=C(O)CC1=CSC(SCC(=O)NC[C@H]2CN(CC3C=C(C(F)(F)F)C(F)=CC3)CCO2)N1. The first-order chi connectivity index (χ1) is 15.6. The summed E-state index contributed by atoms with van der Waals surface area (Å²) in [4.78, 5) is 24.8. The lowest BCUT2D eigenvalue weighted by atomic mass is 9.94. The van der Waals surface area contributed by atoms with Gasteiger partial charge in [0, 0.05) is 31.9 Å². The lowest BCUT2D eigenvalue weighted by Gasteiger charge is -2.35. The van der Waals surface area contributed by atoms with Crippen LogP contribution in [0.1, 0.15) is 12.8 Å². The summed E-state index contributed by atoms with van der Waals surface area (Å²) in [6.45, 7) is 2.01. The molecule has 0 aromatic carbocycles. The van der Waals surface area contributed by atoms with Crippen LogP contribution in [0.4, 0.5) is 17.6 Å². The fourth-order valence-corrected chi connectivity index (χ4v) is 5.62. The molecule has 0 bridgehead atoms. The van der Waals surface area contributed by atoms with Crippen LogP contribution in [-0.4, -0.2) is 77.4 Å². The molecule has 3 rings (SSSR count). The van der Waals surface area contributed by atoms with Crippen molar-refractivity contribution in [1.29, 1.82) is 0 Å². The third-order valence-electron chi connectivity index (χ3n) is 5.15. The largest absolute Gasteiger partial charge is 0.481 e. The van der Waals surface area contributed by atoms with Gasteiger partial charge < -0.3 is 20.5 Å². The van der Waals surface area contributed by atoms with E-state index in [0.29, 0.717) is 31.9 Å². The van der Waals surface area contributed by atoms with Gasteiger partial charge >= 0.3 is 12.1 Å². The van der Waals surface area contributed by atoms with Gasteiger partial charge in [0.1, 0.15) is 10.5 Å². The molecule has 0 radical (unpaired) electrons. The molecular formula is C20H25F4N3O4S2. The lowest BCUT2D eigenvalue weighted by Crippen LogP contribution is -2.49. The number of nitrogens with zero attached hydrogens (tertiary/aromatic N) is 1. The molecule has 0 spiro atoms. The lowest BCUT2D eigenvalue weighted by molar-refractivity contribution is -0.136. The Labute approximate surface area is 197 Å². The normalized spacial score (nSPS) is 26.2. The zero-order valence-corrected chi connectivity index (χ0v) is 19.2. The minimum Gasteiger partial charge on any atom is -0.481 e. The number of allylic oxidation sites excluding steroid dienone is 3. The number of amides is 1. The first kappa shape index (κ1) is 25.9. The van der Waals surface area contributed by atoms with Gasteiger partial charge in [-0.1, -0.05) is 17.8 Å². The number of ether oxygens (including phenoxy) is 1. The third kappa shape index (κ3) is 8.23. The molecule has 1 fully saturated rings. The maximum Gasteiger partial charge on any atom is 0.418 e. The summed E-state index contributed by atoms with van der Waals surface area (Å²) >= 11 is 2.76. The number of hydrogen-bond acceptors (Lipinski definition) is 7. The van der Waals surface area contributed by atoms with E-state index in [-0.39, 0.29) is 41.9 Å². The van der Waals surface area contributed by atoms with Gasteiger partial charge in [0.25, 0.3) is 0 Å². The molecule has 33 heavy (non-hydrogen) atoms. The molecule has 7 nitrogen and oxygen atoms in total. The minimum absolute atomic E-state index is 0.0921. The van der Waals surface area contributed by atoms with E-state index in [9.17, 15) is 27.2 Å². The van der Waals surface area contributed by atoms with Crippen molar-refractivity contribution in [1.82, 2.24) is 15.5 Å². The fraction of sp³-hybridized carbons (Fsp3) is 0.600. The number of carbonyl (C=O) groups is 2. The summed E-state index contributed by atoms with van der Waals surface area (Å²) in [6, 6.07) is 0. The monoisotopic (exact) mass is 511 g/mol. The predicted octanol–water partition coefficient (Wildman–Crippen LogP) is 2.83. The van der Waals surface area contributed by atoms with Gasteiger partial charge in [-0.05, 0) is 23.8 Å². The Hall–Kier alpha value is -1.70. The number of carboxylic acid groups (broad SMARTS) is 1. The van der Waals surface area contributed by atoms with Crippen molar-refractivity contribution in [2.75, 3.05) is 38.5 Å². The molecule has 1 amide bonds. The van der Waals surface area contributed by atoms with Gasteiger partial charge in [-0.3, -0.25) is 14.5 Å². The molecule has 1 aliphatic carbocycles.